The van der Waals surface area contributed by atoms with E-state index in [1.807, 2.05) is 27.0 Å². The molecule has 1 amide bonds. The van der Waals surface area contributed by atoms with Crippen LogP contribution in [-0.2, 0) is 11.3 Å². The van der Waals surface area contributed by atoms with Crippen molar-refractivity contribution in [1.82, 2.24) is 19.4 Å². The molecule has 3 heterocycles. The molecule has 0 aromatic carbocycles. The molecule has 1 unspecified atom stereocenters. The standard InChI is InChI=1S/C21H36N4O3/c1-16(26)18-15-25(14-13-23-9-5-6-10-23)19(22-18)17-7-11-24(12-8-17)20(27)28-21(2,3)4/h15-17,26H,5-14H2,1-4H3. The molecule has 1 N–H and O–H groups in total. The van der Waals surface area contributed by atoms with Crippen molar-refractivity contribution < 1.29 is 14.6 Å². The number of carbonyl (C=O) groups excluding carboxylic acids is 1. The van der Waals surface area contributed by atoms with E-state index in [0.29, 0.717) is 19.0 Å². The van der Waals surface area contributed by atoms with Crippen LogP contribution in [-0.4, -0.2) is 68.9 Å². The van der Waals surface area contributed by atoms with Gasteiger partial charge in [-0.2, -0.15) is 0 Å². The first-order valence-corrected chi connectivity index (χ1v) is 10.7. The number of ether oxygens (including phenoxy) is 1. The molecule has 0 spiro atoms. The Morgan fingerprint density at radius 1 is 1.21 bits per heavy atom. The van der Waals surface area contributed by atoms with Gasteiger partial charge in [-0.3, -0.25) is 0 Å². The molecule has 0 radical (unpaired) electrons. The number of rotatable bonds is 5. The summed E-state index contributed by atoms with van der Waals surface area (Å²) in [5, 5.41) is 10.0. The van der Waals surface area contributed by atoms with Gasteiger partial charge in [0.1, 0.15) is 11.4 Å². The van der Waals surface area contributed by atoms with E-state index in [1.165, 1.54) is 25.9 Å². The van der Waals surface area contributed by atoms with Crippen molar-refractivity contribution in [3.8, 4) is 0 Å². The summed E-state index contributed by atoms with van der Waals surface area (Å²) in [6, 6.07) is 0. The van der Waals surface area contributed by atoms with E-state index in [1.54, 1.807) is 11.8 Å². The van der Waals surface area contributed by atoms with Gasteiger partial charge in [0, 0.05) is 38.3 Å². The maximum atomic E-state index is 12.3. The van der Waals surface area contributed by atoms with Gasteiger partial charge < -0.3 is 24.2 Å². The summed E-state index contributed by atoms with van der Waals surface area (Å²) < 4.78 is 7.73. The lowest BCUT2D eigenvalue weighted by Gasteiger charge is -2.33. The van der Waals surface area contributed by atoms with Gasteiger partial charge >= 0.3 is 6.09 Å². The molecule has 1 aromatic rings. The van der Waals surface area contributed by atoms with Crippen LogP contribution in [0.25, 0.3) is 0 Å². The van der Waals surface area contributed by atoms with Crippen molar-refractivity contribution in [2.75, 3.05) is 32.7 Å². The van der Waals surface area contributed by atoms with Crippen LogP contribution < -0.4 is 0 Å². The fraction of sp³-hybridized carbons (Fsp3) is 0.810. The van der Waals surface area contributed by atoms with E-state index >= 15 is 0 Å². The maximum Gasteiger partial charge on any atom is 0.410 e. The average molecular weight is 393 g/mol. The summed E-state index contributed by atoms with van der Waals surface area (Å²) in [4.78, 5) is 21.4. The zero-order valence-electron chi connectivity index (χ0n) is 17.9. The number of imidazole rings is 1. The van der Waals surface area contributed by atoms with Gasteiger partial charge in [-0.25, -0.2) is 9.78 Å². The molecular weight excluding hydrogens is 356 g/mol. The molecule has 2 fully saturated rings. The lowest BCUT2D eigenvalue weighted by atomic mass is 9.96. The van der Waals surface area contributed by atoms with Crippen LogP contribution in [0.3, 0.4) is 0 Å². The number of nitrogens with zero attached hydrogens (tertiary/aromatic N) is 4. The highest BCUT2D eigenvalue weighted by Gasteiger charge is 2.30. The van der Waals surface area contributed by atoms with Gasteiger partial charge in [-0.05, 0) is 66.5 Å². The van der Waals surface area contributed by atoms with Crippen molar-refractivity contribution in [2.45, 2.75) is 77.5 Å². The quantitative estimate of drug-likeness (QED) is 0.833. The molecule has 1 atom stereocenters. The number of carbonyl (C=O) groups is 1. The SMILES string of the molecule is CC(O)c1cn(CCN2CCCC2)c(C2CCN(C(=O)OC(C)(C)C)CC2)n1. The molecule has 0 saturated carbocycles. The summed E-state index contributed by atoms with van der Waals surface area (Å²) >= 11 is 0. The Labute approximate surface area is 168 Å². The number of piperidine rings is 1. The molecule has 1 aromatic heterocycles. The number of hydrogen-bond donors (Lipinski definition) is 1. The van der Waals surface area contributed by atoms with Crippen LogP contribution >= 0.6 is 0 Å². The van der Waals surface area contributed by atoms with E-state index in [0.717, 1.165) is 37.4 Å². The third kappa shape index (κ3) is 5.47. The lowest BCUT2D eigenvalue weighted by Crippen LogP contribution is -2.41. The largest absolute Gasteiger partial charge is 0.444 e. The molecule has 28 heavy (non-hydrogen) atoms. The molecule has 2 saturated heterocycles. The Balaban J connectivity index is 1.63. The minimum absolute atomic E-state index is 0.229. The Kier molecular flexibility index (Phi) is 6.65. The topological polar surface area (TPSA) is 70.8 Å². The number of likely N-dealkylation sites (tertiary alicyclic amines) is 2. The van der Waals surface area contributed by atoms with Gasteiger partial charge in [0.05, 0.1) is 11.8 Å². The van der Waals surface area contributed by atoms with Crippen LogP contribution in [0.4, 0.5) is 4.79 Å². The van der Waals surface area contributed by atoms with Crippen molar-refractivity contribution in [3.05, 3.63) is 17.7 Å². The summed E-state index contributed by atoms with van der Waals surface area (Å²) in [6.07, 6.45) is 5.55. The minimum Gasteiger partial charge on any atom is -0.444 e. The Hall–Kier alpha value is -1.60. The molecule has 7 heteroatoms. The zero-order chi connectivity index (χ0) is 20.3. The molecule has 3 rings (SSSR count). The summed E-state index contributed by atoms with van der Waals surface area (Å²) in [6.45, 7) is 13.1. The van der Waals surface area contributed by atoms with E-state index in [-0.39, 0.29) is 6.09 Å². The number of amides is 1. The van der Waals surface area contributed by atoms with Crippen molar-refractivity contribution in [3.63, 3.8) is 0 Å². The van der Waals surface area contributed by atoms with Crippen molar-refractivity contribution in [1.29, 1.82) is 0 Å². The first-order chi connectivity index (χ1) is 13.2. The second kappa shape index (κ2) is 8.82. The van der Waals surface area contributed by atoms with Crippen LogP contribution in [0, 0.1) is 0 Å². The van der Waals surface area contributed by atoms with Gasteiger partial charge in [0.15, 0.2) is 0 Å². The monoisotopic (exact) mass is 392 g/mol. The molecule has 158 valence electrons. The number of aromatic nitrogens is 2. The Bertz CT molecular complexity index is 651. The highest BCUT2D eigenvalue weighted by molar-refractivity contribution is 5.68. The lowest BCUT2D eigenvalue weighted by molar-refractivity contribution is 0.0202. The highest BCUT2D eigenvalue weighted by Crippen LogP contribution is 2.29. The van der Waals surface area contributed by atoms with Crippen LogP contribution in [0.15, 0.2) is 6.20 Å². The molecule has 0 aliphatic carbocycles. The van der Waals surface area contributed by atoms with Crippen molar-refractivity contribution in [2.24, 2.45) is 0 Å². The average Bonchev–Trinajstić information content (AvgIpc) is 3.28. The summed E-state index contributed by atoms with van der Waals surface area (Å²) in [7, 11) is 0. The van der Waals surface area contributed by atoms with E-state index in [4.69, 9.17) is 9.72 Å². The van der Waals surface area contributed by atoms with Gasteiger partial charge in [0.25, 0.3) is 0 Å². The van der Waals surface area contributed by atoms with E-state index in [2.05, 4.69) is 9.47 Å². The number of aliphatic hydroxyl groups is 1. The second-order valence-electron chi connectivity index (χ2n) is 9.18. The van der Waals surface area contributed by atoms with E-state index in [9.17, 15) is 9.90 Å². The molecular formula is C21H36N4O3. The third-order valence-electron chi connectivity index (χ3n) is 5.62. The fourth-order valence-corrected chi connectivity index (χ4v) is 4.06. The second-order valence-corrected chi connectivity index (χ2v) is 9.18. The highest BCUT2D eigenvalue weighted by atomic mass is 16.6. The summed E-state index contributed by atoms with van der Waals surface area (Å²) in [5.41, 5.74) is 0.275. The normalized spacial score (nSPS) is 20.5. The van der Waals surface area contributed by atoms with Crippen LogP contribution in [0.1, 0.15) is 76.9 Å². The molecule has 7 nitrogen and oxygen atoms in total. The third-order valence-corrected chi connectivity index (χ3v) is 5.62. The minimum atomic E-state index is -0.561. The first kappa shape index (κ1) is 21.1. The Morgan fingerprint density at radius 2 is 1.86 bits per heavy atom. The van der Waals surface area contributed by atoms with Crippen LogP contribution in [0.5, 0.6) is 0 Å². The van der Waals surface area contributed by atoms with Gasteiger partial charge in [-0.1, -0.05) is 0 Å². The van der Waals surface area contributed by atoms with Crippen molar-refractivity contribution >= 4 is 6.09 Å². The number of aliphatic hydroxyl groups excluding tert-OH is 1. The first-order valence-electron chi connectivity index (χ1n) is 10.7. The maximum absolute atomic E-state index is 12.3. The molecule has 2 aliphatic rings. The van der Waals surface area contributed by atoms with E-state index < -0.39 is 11.7 Å². The fourth-order valence-electron chi connectivity index (χ4n) is 4.06. The summed E-state index contributed by atoms with van der Waals surface area (Å²) in [5.74, 6) is 1.36. The predicted molar refractivity (Wildman–Crippen MR) is 108 cm³/mol. The Morgan fingerprint density at radius 3 is 2.43 bits per heavy atom. The molecule has 2 aliphatic heterocycles. The van der Waals surface area contributed by atoms with Gasteiger partial charge in [0.2, 0.25) is 0 Å². The zero-order valence-corrected chi connectivity index (χ0v) is 17.9. The van der Waals surface area contributed by atoms with Gasteiger partial charge in [-0.15, -0.1) is 0 Å². The molecule has 0 bridgehead atoms. The number of hydrogen-bond acceptors (Lipinski definition) is 5. The van der Waals surface area contributed by atoms with Crippen LogP contribution in [0.2, 0.25) is 0 Å². The predicted octanol–water partition coefficient (Wildman–Crippen LogP) is 3.15. The smallest absolute Gasteiger partial charge is 0.410 e.